The third-order valence-electron chi connectivity index (χ3n) is 5.29. The molecule has 1 aliphatic carbocycles. The number of ketones is 1. The molecular weight excluding hydrogens is 376 g/mol. The van der Waals surface area contributed by atoms with Gasteiger partial charge in [-0.2, -0.15) is 0 Å². The summed E-state index contributed by atoms with van der Waals surface area (Å²) in [5.74, 6) is 3.08. The molecular formula is C22H26O7. The molecule has 0 aromatic heterocycles. The second-order valence-electron chi connectivity index (χ2n) is 6.57. The Kier molecular flexibility index (Phi) is 6.06. The van der Waals surface area contributed by atoms with Gasteiger partial charge in [0.2, 0.25) is 0 Å². The largest absolute Gasteiger partial charge is 0.496 e. The van der Waals surface area contributed by atoms with Crippen LogP contribution in [0.2, 0.25) is 0 Å². The first-order valence-electron chi connectivity index (χ1n) is 9.20. The highest BCUT2D eigenvalue weighted by Gasteiger charge is 2.36. The van der Waals surface area contributed by atoms with Crippen molar-refractivity contribution in [3.05, 3.63) is 34.9 Å². The number of ether oxygens (including phenoxy) is 6. The predicted molar refractivity (Wildman–Crippen MR) is 108 cm³/mol. The van der Waals surface area contributed by atoms with Crippen LogP contribution in [-0.2, 0) is 0 Å². The Balaban J connectivity index is 2.33. The van der Waals surface area contributed by atoms with Gasteiger partial charge in [0.1, 0.15) is 11.5 Å². The van der Waals surface area contributed by atoms with E-state index in [0.29, 0.717) is 52.9 Å². The minimum Gasteiger partial charge on any atom is -0.496 e. The fourth-order valence-corrected chi connectivity index (χ4v) is 3.96. The lowest BCUT2D eigenvalue weighted by molar-refractivity contribution is 0.0964. The van der Waals surface area contributed by atoms with Gasteiger partial charge in [-0.25, -0.2) is 0 Å². The van der Waals surface area contributed by atoms with Crippen molar-refractivity contribution in [3.63, 3.8) is 0 Å². The highest BCUT2D eigenvalue weighted by molar-refractivity contribution is 6.03. The fraction of sp³-hybridized carbons (Fsp3) is 0.409. The Bertz CT molecular complexity index is 920. The Labute approximate surface area is 170 Å². The monoisotopic (exact) mass is 402 g/mol. The van der Waals surface area contributed by atoms with Crippen molar-refractivity contribution in [2.45, 2.75) is 18.8 Å². The van der Waals surface area contributed by atoms with Crippen molar-refractivity contribution in [1.82, 2.24) is 0 Å². The van der Waals surface area contributed by atoms with Crippen LogP contribution >= 0.6 is 0 Å². The molecule has 29 heavy (non-hydrogen) atoms. The molecule has 0 unspecified atom stereocenters. The molecule has 7 heteroatoms. The molecule has 1 aliphatic rings. The highest BCUT2D eigenvalue weighted by Crippen LogP contribution is 2.52. The molecule has 0 heterocycles. The van der Waals surface area contributed by atoms with E-state index >= 15 is 0 Å². The molecule has 156 valence electrons. The lowest BCUT2D eigenvalue weighted by Gasteiger charge is -2.30. The first-order valence-corrected chi connectivity index (χ1v) is 9.20. The second kappa shape index (κ2) is 8.51. The third-order valence-corrected chi connectivity index (χ3v) is 5.29. The summed E-state index contributed by atoms with van der Waals surface area (Å²) < 4.78 is 33.2. The zero-order valence-electron chi connectivity index (χ0n) is 17.6. The van der Waals surface area contributed by atoms with Crippen LogP contribution in [0.5, 0.6) is 34.5 Å². The molecule has 0 aliphatic heterocycles. The smallest absolute Gasteiger partial charge is 0.167 e. The summed E-state index contributed by atoms with van der Waals surface area (Å²) in [5.41, 5.74) is 2.11. The number of hydrogen-bond acceptors (Lipinski definition) is 7. The minimum atomic E-state index is -0.184. The van der Waals surface area contributed by atoms with E-state index in [2.05, 4.69) is 0 Å². The van der Waals surface area contributed by atoms with Crippen LogP contribution in [-0.4, -0.2) is 48.4 Å². The number of methoxy groups -OCH3 is 6. The van der Waals surface area contributed by atoms with Crippen LogP contribution in [0.4, 0.5) is 0 Å². The van der Waals surface area contributed by atoms with Crippen LogP contribution in [0.15, 0.2) is 18.2 Å². The SMILES string of the molecule is COc1cc(OC)c([C@H]2CCC(=O)c3c(OC)cc(OC)c(OC)c32)cc1OC. The lowest BCUT2D eigenvalue weighted by atomic mass is 9.76. The van der Waals surface area contributed by atoms with Crippen LogP contribution < -0.4 is 28.4 Å². The number of benzene rings is 2. The minimum absolute atomic E-state index is 0.00787. The Morgan fingerprint density at radius 3 is 1.79 bits per heavy atom. The molecule has 2 aromatic rings. The number of carbonyl (C=O) groups excluding carboxylic acids is 1. The van der Waals surface area contributed by atoms with Crippen LogP contribution in [0, 0.1) is 0 Å². The molecule has 3 rings (SSSR count). The van der Waals surface area contributed by atoms with Gasteiger partial charge in [-0.1, -0.05) is 0 Å². The maximum Gasteiger partial charge on any atom is 0.167 e. The summed E-state index contributed by atoms with van der Waals surface area (Å²) in [4.78, 5) is 12.8. The molecule has 0 saturated carbocycles. The van der Waals surface area contributed by atoms with E-state index in [0.717, 1.165) is 11.1 Å². The summed E-state index contributed by atoms with van der Waals surface area (Å²) in [7, 11) is 9.41. The maximum atomic E-state index is 12.8. The third kappa shape index (κ3) is 3.41. The average molecular weight is 402 g/mol. The summed E-state index contributed by atoms with van der Waals surface area (Å²) >= 11 is 0. The molecule has 2 aromatic carbocycles. The summed E-state index contributed by atoms with van der Waals surface area (Å²) in [6.07, 6.45) is 0.964. The van der Waals surface area contributed by atoms with Gasteiger partial charge in [0, 0.05) is 35.6 Å². The first-order chi connectivity index (χ1) is 14.0. The Hall–Kier alpha value is -3.09. The van der Waals surface area contributed by atoms with Crippen LogP contribution in [0.1, 0.15) is 40.2 Å². The van der Waals surface area contributed by atoms with Crippen molar-refractivity contribution < 1.29 is 33.2 Å². The van der Waals surface area contributed by atoms with Crippen molar-refractivity contribution >= 4 is 5.78 Å². The van der Waals surface area contributed by atoms with Crippen molar-refractivity contribution in [1.29, 1.82) is 0 Å². The van der Waals surface area contributed by atoms with Crippen molar-refractivity contribution in [2.24, 2.45) is 0 Å². The normalized spacial score (nSPS) is 15.4. The van der Waals surface area contributed by atoms with Crippen molar-refractivity contribution in [2.75, 3.05) is 42.7 Å². The second-order valence-corrected chi connectivity index (χ2v) is 6.57. The van der Waals surface area contributed by atoms with Crippen molar-refractivity contribution in [3.8, 4) is 34.5 Å². The highest BCUT2D eigenvalue weighted by atomic mass is 16.5. The number of hydrogen-bond donors (Lipinski definition) is 0. The van der Waals surface area contributed by atoms with E-state index in [1.54, 1.807) is 47.7 Å². The number of Topliss-reactive ketones (excluding diaryl/α,β-unsaturated/α-hetero) is 1. The van der Waals surface area contributed by atoms with Crippen LogP contribution in [0.3, 0.4) is 0 Å². The number of carbonyl (C=O) groups is 1. The lowest BCUT2D eigenvalue weighted by Crippen LogP contribution is -2.20. The van der Waals surface area contributed by atoms with Gasteiger partial charge in [-0.3, -0.25) is 4.79 Å². The summed E-state index contributed by atoms with van der Waals surface area (Å²) in [6.45, 7) is 0. The molecule has 0 fully saturated rings. The quantitative estimate of drug-likeness (QED) is 0.697. The summed E-state index contributed by atoms with van der Waals surface area (Å²) in [6, 6.07) is 5.35. The Morgan fingerprint density at radius 1 is 0.690 bits per heavy atom. The van der Waals surface area contributed by atoms with E-state index in [9.17, 15) is 4.79 Å². The number of rotatable bonds is 7. The summed E-state index contributed by atoms with van der Waals surface area (Å²) in [5, 5.41) is 0. The molecule has 1 atom stereocenters. The zero-order valence-corrected chi connectivity index (χ0v) is 17.6. The molecule has 0 N–H and O–H groups in total. The maximum absolute atomic E-state index is 12.8. The van der Waals surface area contributed by atoms with Crippen LogP contribution in [0.25, 0.3) is 0 Å². The predicted octanol–water partition coefficient (Wildman–Crippen LogP) is 3.85. The van der Waals surface area contributed by atoms with E-state index in [-0.39, 0.29) is 11.7 Å². The average Bonchev–Trinajstić information content (AvgIpc) is 2.77. The first kappa shape index (κ1) is 20.6. The van der Waals surface area contributed by atoms with Gasteiger partial charge < -0.3 is 28.4 Å². The Morgan fingerprint density at radius 2 is 1.24 bits per heavy atom. The fourth-order valence-electron chi connectivity index (χ4n) is 3.96. The molecule has 0 saturated heterocycles. The molecule has 0 bridgehead atoms. The van der Waals surface area contributed by atoms with Gasteiger partial charge in [0.15, 0.2) is 28.8 Å². The van der Waals surface area contributed by atoms with Gasteiger partial charge >= 0.3 is 0 Å². The molecule has 0 spiro atoms. The molecule has 7 nitrogen and oxygen atoms in total. The van der Waals surface area contributed by atoms with E-state index in [4.69, 9.17) is 28.4 Å². The van der Waals surface area contributed by atoms with E-state index < -0.39 is 0 Å². The van der Waals surface area contributed by atoms with Gasteiger partial charge in [0.25, 0.3) is 0 Å². The van der Waals surface area contributed by atoms with E-state index in [1.165, 1.54) is 7.11 Å². The van der Waals surface area contributed by atoms with Gasteiger partial charge in [-0.15, -0.1) is 0 Å². The van der Waals surface area contributed by atoms with Gasteiger partial charge in [0.05, 0.1) is 48.2 Å². The molecule has 0 radical (unpaired) electrons. The van der Waals surface area contributed by atoms with Gasteiger partial charge in [-0.05, 0) is 12.5 Å². The standard InChI is InChI=1S/C22H26O7/c1-24-15-10-17(26-3)16(25-2)9-13(15)12-7-8-14(23)21-18(27-4)11-19(28-5)22(29-6)20(12)21/h9-12H,7-8H2,1-6H3/t12-/m1/s1. The zero-order chi connectivity index (χ0) is 21.1. The number of fused-ring (bicyclic) bond motifs is 1. The topological polar surface area (TPSA) is 72.5 Å². The van der Waals surface area contributed by atoms with E-state index in [1.807, 2.05) is 6.07 Å². The molecule has 0 amide bonds.